The van der Waals surface area contributed by atoms with Gasteiger partial charge in [-0.15, -0.1) is 4.40 Å². The predicted octanol–water partition coefficient (Wildman–Crippen LogP) is 4.59. The summed E-state index contributed by atoms with van der Waals surface area (Å²) >= 11 is 0. The van der Waals surface area contributed by atoms with Gasteiger partial charge in [-0.05, 0) is 81.7 Å². The van der Waals surface area contributed by atoms with E-state index in [1.165, 1.54) is 4.31 Å². The quantitative estimate of drug-likeness (QED) is 0.272. The molecule has 2 aliphatic rings. The fourth-order valence-electron chi connectivity index (χ4n) is 5.49. The first-order chi connectivity index (χ1) is 20.1. The van der Waals surface area contributed by atoms with Crippen molar-refractivity contribution in [2.45, 2.75) is 49.1 Å². The van der Waals surface area contributed by atoms with Gasteiger partial charge in [-0.1, -0.05) is 53.9 Å². The van der Waals surface area contributed by atoms with Gasteiger partial charge in [-0.2, -0.15) is 12.7 Å². The van der Waals surface area contributed by atoms with Crippen molar-refractivity contribution < 1.29 is 21.6 Å². The standard InChI is InChI=1S/C31H38N4O5S2/c1-24-7-15-28(16-8-24)41(36,37)32-30(23-33-19-5-4-6-20-33)34-21-22-35(31(34)26-11-13-27(40-3)14-12-26)42(38,39)29-17-9-25(2)10-18-29/h7-18,31H,4-6,19-23H2,1-3H3/t31-/m0/s1. The van der Waals surface area contributed by atoms with Crippen molar-refractivity contribution in [2.24, 2.45) is 4.40 Å². The van der Waals surface area contributed by atoms with Crippen molar-refractivity contribution >= 4 is 25.9 Å². The first-order valence-electron chi connectivity index (χ1n) is 14.2. The molecule has 224 valence electrons. The Kier molecular flexibility index (Phi) is 9.03. The lowest BCUT2D eigenvalue weighted by molar-refractivity contribution is 0.234. The molecular weight excluding hydrogens is 572 g/mol. The summed E-state index contributed by atoms with van der Waals surface area (Å²) < 4.78 is 66.6. The molecule has 0 radical (unpaired) electrons. The van der Waals surface area contributed by atoms with Gasteiger partial charge in [0.1, 0.15) is 17.8 Å². The molecule has 0 aliphatic carbocycles. The lowest BCUT2D eigenvalue weighted by Gasteiger charge is -2.35. The summed E-state index contributed by atoms with van der Waals surface area (Å²) in [5, 5.41) is 0. The fraction of sp³-hybridized carbons (Fsp3) is 0.387. The Hall–Kier alpha value is -3.25. The number of benzene rings is 3. The first-order valence-corrected chi connectivity index (χ1v) is 17.1. The van der Waals surface area contributed by atoms with E-state index in [1.54, 1.807) is 67.8 Å². The summed E-state index contributed by atoms with van der Waals surface area (Å²) in [4.78, 5) is 4.34. The summed E-state index contributed by atoms with van der Waals surface area (Å²) in [6.45, 7) is 6.23. The molecule has 0 aromatic heterocycles. The number of piperidine rings is 1. The van der Waals surface area contributed by atoms with Crippen molar-refractivity contribution in [3.8, 4) is 5.75 Å². The molecule has 2 aliphatic heterocycles. The van der Waals surface area contributed by atoms with Gasteiger partial charge in [0.15, 0.2) is 0 Å². The molecule has 2 heterocycles. The summed E-state index contributed by atoms with van der Waals surface area (Å²) in [6.07, 6.45) is 2.38. The SMILES string of the molecule is COc1ccc([C@H]2N(C(CN3CCCCC3)=NS(=O)(=O)c3ccc(C)cc3)CCN2S(=O)(=O)c2ccc(C)cc2)cc1. The molecule has 0 amide bonds. The van der Waals surface area contributed by atoms with E-state index in [9.17, 15) is 16.8 Å². The van der Waals surface area contributed by atoms with Crippen LogP contribution in [-0.4, -0.2) is 76.6 Å². The molecule has 1 atom stereocenters. The molecule has 0 N–H and O–H groups in total. The molecule has 11 heteroatoms. The minimum Gasteiger partial charge on any atom is -0.497 e. The van der Waals surface area contributed by atoms with Crippen molar-refractivity contribution in [1.82, 2.24) is 14.1 Å². The van der Waals surface area contributed by atoms with Gasteiger partial charge in [0, 0.05) is 13.1 Å². The van der Waals surface area contributed by atoms with E-state index >= 15 is 0 Å². The molecular formula is C31H38N4O5S2. The van der Waals surface area contributed by atoms with E-state index in [0.29, 0.717) is 23.7 Å². The highest BCUT2D eigenvalue weighted by Gasteiger charge is 2.43. The average molecular weight is 611 g/mol. The Bertz CT molecular complexity index is 1620. The molecule has 0 bridgehead atoms. The van der Waals surface area contributed by atoms with Crippen LogP contribution in [0, 0.1) is 13.8 Å². The number of ether oxygens (including phenoxy) is 1. The number of nitrogens with zero attached hydrogens (tertiary/aromatic N) is 4. The summed E-state index contributed by atoms with van der Waals surface area (Å²) in [7, 11) is -6.41. The Morgan fingerprint density at radius 3 is 1.90 bits per heavy atom. The van der Waals surface area contributed by atoms with Crippen LogP contribution in [0.3, 0.4) is 0 Å². The van der Waals surface area contributed by atoms with Gasteiger partial charge in [-0.25, -0.2) is 8.42 Å². The maximum Gasteiger partial charge on any atom is 0.283 e. The number of hydrogen-bond donors (Lipinski definition) is 0. The Balaban J connectivity index is 1.61. The van der Waals surface area contributed by atoms with Gasteiger partial charge in [0.05, 0.1) is 23.4 Å². The van der Waals surface area contributed by atoms with Crippen molar-refractivity contribution in [3.63, 3.8) is 0 Å². The third-order valence-corrected chi connectivity index (χ3v) is 11.0. The predicted molar refractivity (Wildman–Crippen MR) is 164 cm³/mol. The Labute approximate surface area is 249 Å². The second-order valence-electron chi connectivity index (χ2n) is 10.9. The van der Waals surface area contributed by atoms with E-state index in [2.05, 4.69) is 9.30 Å². The van der Waals surface area contributed by atoms with Gasteiger partial charge in [-0.3, -0.25) is 4.90 Å². The second-order valence-corrected chi connectivity index (χ2v) is 14.4. The molecule has 3 aromatic rings. The minimum absolute atomic E-state index is 0.105. The van der Waals surface area contributed by atoms with Crippen LogP contribution in [0.5, 0.6) is 5.75 Å². The lowest BCUT2D eigenvalue weighted by Crippen LogP contribution is -2.44. The topological polar surface area (TPSA) is 99.6 Å². The fourth-order valence-corrected chi connectivity index (χ4v) is 8.08. The van der Waals surface area contributed by atoms with Crippen LogP contribution in [0.15, 0.2) is 87.0 Å². The van der Waals surface area contributed by atoms with Gasteiger partial charge in [0.2, 0.25) is 10.0 Å². The number of amidine groups is 1. The highest BCUT2D eigenvalue weighted by atomic mass is 32.2. The number of hydrogen-bond acceptors (Lipinski definition) is 6. The van der Waals surface area contributed by atoms with Crippen LogP contribution in [0.4, 0.5) is 0 Å². The van der Waals surface area contributed by atoms with Crippen LogP contribution >= 0.6 is 0 Å². The van der Waals surface area contributed by atoms with Crippen molar-refractivity contribution in [3.05, 3.63) is 89.5 Å². The van der Waals surface area contributed by atoms with E-state index in [0.717, 1.165) is 43.5 Å². The van der Waals surface area contributed by atoms with E-state index in [4.69, 9.17) is 4.74 Å². The van der Waals surface area contributed by atoms with E-state index in [-0.39, 0.29) is 22.9 Å². The van der Waals surface area contributed by atoms with Crippen LogP contribution in [0.25, 0.3) is 0 Å². The van der Waals surface area contributed by atoms with Gasteiger partial charge in [0.25, 0.3) is 10.0 Å². The number of methoxy groups -OCH3 is 1. The molecule has 0 saturated carbocycles. The zero-order valence-corrected chi connectivity index (χ0v) is 25.9. The molecule has 2 fully saturated rings. The van der Waals surface area contributed by atoms with Gasteiger partial charge >= 0.3 is 0 Å². The molecule has 42 heavy (non-hydrogen) atoms. The number of aryl methyl sites for hydroxylation is 2. The normalized spacial score (nSPS) is 19.3. The zero-order valence-electron chi connectivity index (χ0n) is 24.3. The van der Waals surface area contributed by atoms with Crippen molar-refractivity contribution in [2.75, 3.05) is 39.8 Å². The highest BCUT2D eigenvalue weighted by Crippen LogP contribution is 2.36. The van der Waals surface area contributed by atoms with E-state index in [1.807, 2.05) is 30.9 Å². The second kappa shape index (κ2) is 12.5. The third kappa shape index (κ3) is 6.54. The van der Waals surface area contributed by atoms with Gasteiger partial charge < -0.3 is 9.64 Å². The Morgan fingerprint density at radius 1 is 0.762 bits per heavy atom. The molecule has 0 spiro atoms. The number of rotatable bonds is 8. The monoisotopic (exact) mass is 610 g/mol. The Morgan fingerprint density at radius 2 is 1.33 bits per heavy atom. The maximum atomic E-state index is 14.1. The molecule has 3 aromatic carbocycles. The number of likely N-dealkylation sites (tertiary alicyclic amines) is 1. The lowest BCUT2D eigenvalue weighted by atomic mass is 10.1. The summed E-state index contributed by atoms with van der Waals surface area (Å²) in [5.41, 5.74) is 2.60. The number of sulfonamides is 2. The van der Waals surface area contributed by atoms with E-state index < -0.39 is 26.2 Å². The highest BCUT2D eigenvalue weighted by molar-refractivity contribution is 7.90. The third-order valence-electron chi connectivity index (χ3n) is 7.86. The minimum atomic E-state index is -4.06. The zero-order chi connectivity index (χ0) is 29.9. The van der Waals surface area contributed by atoms with Crippen molar-refractivity contribution in [1.29, 1.82) is 0 Å². The maximum absolute atomic E-state index is 14.1. The summed E-state index contributed by atoms with van der Waals surface area (Å²) in [6, 6.07) is 20.6. The molecule has 2 saturated heterocycles. The largest absolute Gasteiger partial charge is 0.497 e. The summed E-state index contributed by atoms with van der Waals surface area (Å²) in [5.74, 6) is 0.972. The molecule has 0 unspecified atom stereocenters. The average Bonchev–Trinajstić information content (AvgIpc) is 3.44. The van der Waals surface area contributed by atoms with Crippen LogP contribution in [0.2, 0.25) is 0 Å². The van der Waals surface area contributed by atoms with Crippen LogP contribution in [-0.2, 0) is 20.0 Å². The smallest absolute Gasteiger partial charge is 0.283 e. The molecule has 5 rings (SSSR count). The first kappa shape index (κ1) is 30.2. The van der Waals surface area contributed by atoms with Crippen LogP contribution in [0.1, 0.15) is 42.1 Å². The van der Waals surface area contributed by atoms with Crippen LogP contribution < -0.4 is 4.74 Å². The molecule has 9 nitrogen and oxygen atoms in total.